The number of ether oxygens (including phenoxy) is 6. The minimum absolute atomic E-state index is 0.213. The Balaban J connectivity index is 1.71. The van der Waals surface area contributed by atoms with Crippen LogP contribution >= 0.6 is 22.6 Å². The lowest BCUT2D eigenvalue weighted by Crippen LogP contribution is -2.45. The van der Waals surface area contributed by atoms with Crippen LogP contribution in [0.5, 0.6) is 23.0 Å². The molecule has 0 saturated heterocycles. The SMILES string of the molecule is CCOC(=O)COc1c(/C=N/N[C@H](O)COc2ccc([C@H]3NC(=O)NC(C)=C3C(=O)OC)cc2OCC)cc(I)cc1OC. The van der Waals surface area contributed by atoms with Gasteiger partial charge in [0.05, 0.1) is 45.3 Å². The maximum Gasteiger partial charge on any atom is 0.344 e. The first-order valence-electron chi connectivity index (χ1n) is 13.5. The number of nitrogens with one attached hydrogen (secondary N) is 3. The van der Waals surface area contributed by atoms with Crippen LogP contribution < -0.4 is 35.0 Å². The summed E-state index contributed by atoms with van der Waals surface area (Å²) < 4.78 is 33.2. The highest BCUT2D eigenvalue weighted by atomic mass is 127. The molecule has 2 atom stereocenters. The van der Waals surface area contributed by atoms with Crippen LogP contribution in [0.4, 0.5) is 4.79 Å². The normalized spacial score (nSPS) is 15.2. The zero-order valence-corrected chi connectivity index (χ0v) is 27.1. The first-order chi connectivity index (χ1) is 21.1. The molecule has 0 bridgehead atoms. The molecule has 3 rings (SSSR count). The summed E-state index contributed by atoms with van der Waals surface area (Å²) in [6, 6.07) is 7.19. The van der Waals surface area contributed by atoms with Gasteiger partial charge in [0.15, 0.2) is 35.8 Å². The Bertz CT molecular complexity index is 1410. The van der Waals surface area contributed by atoms with Crippen molar-refractivity contribution in [3.63, 3.8) is 0 Å². The summed E-state index contributed by atoms with van der Waals surface area (Å²) in [5, 5.41) is 19.9. The third-order valence-corrected chi connectivity index (χ3v) is 6.63. The minimum atomic E-state index is -1.23. The van der Waals surface area contributed by atoms with Crippen LogP contribution in [0.1, 0.15) is 37.9 Å². The van der Waals surface area contributed by atoms with Gasteiger partial charge in [0, 0.05) is 14.8 Å². The van der Waals surface area contributed by atoms with E-state index in [1.54, 1.807) is 51.1 Å². The third-order valence-electron chi connectivity index (χ3n) is 6.01. The van der Waals surface area contributed by atoms with Crippen molar-refractivity contribution in [2.24, 2.45) is 5.10 Å². The van der Waals surface area contributed by atoms with Gasteiger partial charge in [-0.15, -0.1) is 0 Å². The fourth-order valence-electron chi connectivity index (χ4n) is 4.14. The van der Waals surface area contributed by atoms with Gasteiger partial charge in [0.1, 0.15) is 6.61 Å². The Hall–Kier alpha value is -4.25. The van der Waals surface area contributed by atoms with Crippen molar-refractivity contribution in [1.82, 2.24) is 16.1 Å². The second kappa shape index (κ2) is 16.6. The summed E-state index contributed by atoms with van der Waals surface area (Å²) in [7, 11) is 2.74. The van der Waals surface area contributed by atoms with Crippen LogP contribution in [-0.4, -0.2) is 76.2 Å². The van der Waals surface area contributed by atoms with E-state index in [0.29, 0.717) is 40.7 Å². The van der Waals surface area contributed by atoms with Crippen molar-refractivity contribution < 1.29 is 47.9 Å². The number of carbonyl (C=O) groups excluding carboxylic acids is 3. The van der Waals surface area contributed by atoms with E-state index in [0.717, 1.165) is 3.57 Å². The van der Waals surface area contributed by atoms with Crippen LogP contribution in [0.25, 0.3) is 0 Å². The maximum atomic E-state index is 12.4. The van der Waals surface area contributed by atoms with Crippen LogP contribution in [0.15, 0.2) is 46.7 Å². The van der Waals surface area contributed by atoms with E-state index >= 15 is 0 Å². The zero-order valence-electron chi connectivity index (χ0n) is 24.9. The number of nitrogens with zero attached hydrogens (tertiary/aromatic N) is 1. The summed E-state index contributed by atoms with van der Waals surface area (Å²) in [5.74, 6) is 0.213. The summed E-state index contributed by atoms with van der Waals surface area (Å²) in [6.45, 7) is 5.11. The number of hydrogen-bond acceptors (Lipinski definition) is 12. The zero-order chi connectivity index (χ0) is 32.2. The molecule has 14 nitrogen and oxygen atoms in total. The summed E-state index contributed by atoms with van der Waals surface area (Å²) in [5.41, 5.74) is 4.26. The molecule has 0 aliphatic carbocycles. The molecule has 0 unspecified atom stereocenters. The highest BCUT2D eigenvalue weighted by Gasteiger charge is 2.32. The van der Waals surface area contributed by atoms with Crippen molar-refractivity contribution >= 4 is 46.8 Å². The quantitative estimate of drug-likeness (QED) is 0.0699. The predicted octanol–water partition coefficient (Wildman–Crippen LogP) is 2.76. The number of aliphatic hydroxyl groups excluding tert-OH is 1. The number of rotatable bonds is 15. The molecule has 44 heavy (non-hydrogen) atoms. The lowest BCUT2D eigenvalue weighted by Gasteiger charge is -2.28. The molecule has 2 aromatic carbocycles. The lowest BCUT2D eigenvalue weighted by atomic mass is 9.95. The number of halogens is 1. The minimum Gasteiger partial charge on any atom is -0.493 e. The molecule has 1 aliphatic heterocycles. The number of methoxy groups -OCH3 is 2. The van der Waals surface area contributed by atoms with Crippen molar-refractivity contribution in [3.05, 3.63) is 56.3 Å². The molecule has 0 aromatic heterocycles. The molecule has 2 aromatic rings. The van der Waals surface area contributed by atoms with E-state index in [1.165, 1.54) is 20.4 Å². The molecular formula is C29H35IN4O10. The number of amides is 2. The molecule has 1 aliphatic rings. The van der Waals surface area contributed by atoms with Gasteiger partial charge in [0.2, 0.25) is 0 Å². The van der Waals surface area contributed by atoms with E-state index in [9.17, 15) is 19.5 Å². The molecule has 1 heterocycles. The number of hydrogen-bond donors (Lipinski definition) is 4. The van der Waals surface area contributed by atoms with E-state index in [-0.39, 0.29) is 31.1 Å². The van der Waals surface area contributed by atoms with Crippen molar-refractivity contribution in [1.29, 1.82) is 0 Å². The first kappa shape index (κ1) is 34.2. The third kappa shape index (κ3) is 9.12. The van der Waals surface area contributed by atoms with Gasteiger partial charge in [-0.1, -0.05) is 6.07 Å². The number of aliphatic hydroxyl groups is 1. The van der Waals surface area contributed by atoms with E-state index < -0.39 is 30.2 Å². The Labute approximate surface area is 268 Å². The van der Waals surface area contributed by atoms with Gasteiger partial charge >= 0.3 is 18.0 Å². The van der Waals surface area contributed by atoms with Crippen molar-refractivity contribution in [2.45, 2.75) is 33.0 Å². The molecule has 238 valence electrons. The lowest BCUT2D eigenvalue weighted by molar-refractivity contribution is -0.145. The average Bonchev–Trinajstić information content (AvgIpc) is 2.99. The number of urea groups is 1. The van der Waals surface area contributed by atoms with Gasteiger partial charge in [0.25, 0.3) is 0 Å². The smallest absolute Gasteiger partial charge is 0.344 e. The fraction of sp³-hybridized carbons (Fsp3) is 0.379. The summed E-state index contributed by atoms with van der Waals surface area (Å²) >= 11 is 2.11. The summed E-state index contributed by atoms with van der Waals surface area (Å²) in [4.78, 5) is 36.4. The molecule has 0 fully saturated rings. The average molecular weight is 727 g/mol. The molecule has 15 heteroatoms. The highest BCUT2D eigenvalue weighted by molar-refractivity contribution is 14.1. The molecular weight excluding hydrogens is 691 g/mol. The van der Waals surface area contributed by atoms with Gasteiger partial charge in [-0.05, 0) is 73.2 Å². The Kier molecular flexibility index (Phi) is 12.9. The molecule has 0 spiro atoms. The molecule has 0 radical (unpaired) electrons. The number of esters is 2. The second-order valence-electron chi connectivity index (χ2n) is 9.04. The van der Waals surface area contributed by atoms with Crippen molar-refractivity contribution in [3.8, 4) is 23.0 Å². The molecule has 2 amide bonds. The van der Waals surface area contributed by atoms with Crippen LogP contribution in [-0.2, 0) is 19.1 Å². The topological polar surface area (TPSA) is 175 Å². The molecule has 0 saturated carbocycles. The number of hydrazone groups is 1. The number of allylic oxidation sites excluding steroid dienone is 1. The summed E-state index contributed by atoms with van der Waals surface area (Å²) in [6.07, 6.45) is 0.186. The number of carbonyl (C=O) groups is 3. The van der Waals surface area contributed by atoms with Gasteiger partial charge in [-0.25, -0.2) is 14.4 Å². The Morgan fingerprint density at radius 3 is 2.55 bits per heavy atom. The number of benzene rings is 2. The second-order valence-corrected chi connectivity index (χ2v) is 10.3. The maximum absolute atomic E-state index is 12.4. The van der Waals surface area contributed by atoms with Crippen LogP contribution in [0.2, 0.25) is 0 Å². The predicted molar refractivity (Wildman–Crippen MR) is 167 cm³/mol. The van der Waals surface area contributed by atoms with Crippen molar-refractivity contribution in [2.75, 3.05) is 40.6 Å². The first-order valence-corrected chi connectivity index (χ1v) is 14.6. The van der Waals surface area contributed by atoms with Gasteiger partial charge in [-0.2, -0.15) is 5.10 Å². The van der Waals surface area contributed by atoms with Crippen LogP contribution in [0.3, 0.4) is 0 Å². The standard InChI is InChI=1S/C29H35IN4O10/c1-6-41-21-11-17(26-25(28(37)40-5)16(3)32-29(38)33-26)8-9-20(21)43-14-23(35)34-31-13-18-10-19(30)12-22(39-4)27(18)44-15-24(36)42-7-2/h8-13,23,26,34-35H,6-7,14-15H2,1-5H3,(H2,32,33,38)/b31-13+/t23-,26-/m1/s1. The van der Waals surface area contributed by atoms with Gasteiger partial charge in [-0.3, -0.25) is 5.43 Å². The Morgan fingerprint density at radius 1 is 1.09 bits per heavy atom. The van der Waals surface area contributed by atoms with E-state index in [1.807, 2.05) is 0 Å². The van der Waals surface area contributed by atoms with E-state index in [4.69, 9.17) is 28.4 Å². The van der Waals surface area contributed by atoms with E-state index in [2.05, 4.69) is 43.8 Å². The largest absolute Gasteiger partial charge is 0.493 e. The van der Waals surface area contributed by atoms with Crippen LogP contribution in [0, 0.1) is 3.57 Å². The highest BCUT2D eigenvalue weighted by Crippen LogP contribution is 2.35. The fourth-order valence-corrected chi connectivity index (χ4v) is 4.76. The molecule has 4 N–H and O–H groups in total. The van der Waals surface area contributed by atoms with Gasteiger partial charge < -0.3 is 44.2 Å². The monoisotopic (exact) mass is 726 g/mol. The Morgan fingerprint density at radius 2 is 1.86 bits per heavy atom.